The van der Waals surface area contributed by atoms with E-state index < -0.39 is 22.0 Å². The minimum Gasteiger partial charge on any atom is -0.493 e. The summed E-state index contributed by atoms with van der Waals surface area (Å²) in [7, 11) is -0.983. The van der Waals surface area contributed by atoms with Gasteiger partial charge >= 0.3 is 0 Å². The standard InChI is InChI=1S/C17H21N3O6S/c1-11-9-16(19-26-11)18-17(21)13-5-4-8-20(13)27(22,23)12-6-7-14(24-2)15(10-12)25-3/h6-7,9-10,13H,4-5,8H2,1-3H3,(H,18,19,21)/t13-/m0/s1. The predicted molar refractivity (Wildman–Crippen MR) is 96.3 cm³/mol. The van der Waals surface area contributed by atoms with Crippen molar-refractivity contribution in [3.63, 3.8) is 0 Å². The number of amides is 1. The number of sulfonamides is 1. The number of nitrogens with zero attached hydrogens (tertiary/aromatic N) is 2. The zero-order chi connectivity index (χ0) is 19.6. The molecule has 3 rings (SSSR count). The lowest BCUT2D eigenvalue weighted by Gasteiger charge is -2.23. The Bertz CT molecular complexity index is 940. The van der Waals surface area contributed by atoms with Gasteiger partial charge in [0.25, 0.3) is 0 Å². The molecule has 0 saturated carbocycles. The summed E-state index contributed by atoms with van der Waals surface area (Å²) in [6.45, 7) is 1.96. The summed E-state index contributed by atoms with van der Waals surface area (Å²) in [6, 6.07) is 5.10. The molecule has 0 radical (unpaired) electrons. The molecule has 0 unspecified atom stereocenters. The Morgan fingerprint density at radius 3 is 2.63 bits per heavy atom. The quantitative estimate of drug-likeness (QED) is 0.794. The van der Waals surface area contributed by atoms with Crippen molar-refractivity contribution in [1.29, 1.82) is 0 Å². The van der Waals surface area contributed by atoms with Gasteiger partial charge in [-0.3, -0.25) is 4.79 Å². The molecule has 1 aromatic heterocycles. The van der Waals surface area contributed by atoms with Gasteiger partial charge in [-0.05, 0) is 31.9 Å². The van der Waals surface area contributed by atoms with Gasteiger partial charge in [-0.25, -0.2) is 8.42 Å². The number of ether oxygens (including phenoxy) is 2. The van der Waals surface area contributed by atoms with Crippen LogP contribution >= 0.6 is 0 Å². The summed E-state index contributed by atoms with van der Waals surface area (Å²) in [5.74, 6) is 1.09. The molecule has 1 N–H and O–H groups in total. The van der Waals surface area contributed by atoms with Crippen LogP contribution in [-0.2, 0) is 14.8 Å². The molecule has 9 nitrogen and oxygen atoms in total. The molecule has 2 aromatic rings. The van der Waals surface area contributed by atoms with Crippen molar-refractivity contribution in [2.75, 3.05) is 26.1 Å². The lowest BCUT2D eigenvalue weighted by atomic mass is 10.2. The molecule has 2 heterocycles. The van der Waals surface area contributed by atoms with Gasteiger partial charge in [0.05, 0.1) is 19.1 Å². The summed E-state index contributed by atoms with van der Waals surface area (Å²) in [5.41, 5.74) is 0. The summed E-state index contributed by atoms with van der Waals surface area (Å²) >= 11 is 0. The van der Waals surface area contributed by atoms with Crippen LogP contribution in [0.15, 0.2) is 33.7 Å². The first-order valence-corrected chi connectivity index (χ1v) is 9.79. The number of aromatic nitrogens is 1. The zero-order valence-corrected chi connectivity index (χ0v) is 16.1. The van der Waals surface area contributed by atoms with E-state index in [1.807, 2.05) is 0 Å². The van der Waals surface area contributed by atoms with Crippen molar-refractivity contribution < 1.29 is 27.2 Å². The van der Waals surface area contributed by atoms with Gasteiger partial charge in [-0.15, -0.1) is 0 Å². The largest absolute Gasteiger partial charge is 0.493 e. The molecule has 0 spiro atoms. The van der Waals surface area contributed by atoms with Gasteiger partial charge in [-0.1, -0.05) is 5.16 Å². The van der Waals surface area contributed by atoms with E-state index in [1.165, 1.54) is 36.7 Å². The third kappa shape index (κ3) is 3.76. The Morgan fingerprint density at radius 2 is 2.00 bits per heavy atom. The van der Waals surface area contributed by atoms with Crippen LogP contribution < -0.4 is 14.8 Å². The third-order valence-electron chi connectivity index (χ3n) is 4.35. The molecule has 1 amide bonds. The number of aryl methyl sites for hydroxylation is 1. The fraction of sp³-hybridized carbons (Fsp3) is 0.412. The second-order valence-electron chi connectivity index (χ2n) is 6.10. The molecule has 146 valence electrons. The number of anilines is 1. The van der Waals surface area contributed by atoms with Crippen LogP contribution in [0, 0.1) is 6.92 Å². The fourth-order valence-corrected chi connectivity index (χ4v) is 4.71. The molecule has 1 aromatic carbocycles. The van der Waals surface area contributed by atoms with Crippen LogP contribution in [0.4, 0.5) is 5.82 Å². The highest BCUT2D eigenvalue weighted by Gasteiger charge is 2.40. The van der Waals surface area contributed by atoms with Gasteiger partial charge in [0.15, 0.2) is 17.3 Å². The molecular weight excluding hydrogens is 374 g/mol. The molecule has 1 saturated heterocycles. The summed E-state index contributed by atoms with van der Waals surface area (Å²) < 4.78 is 42.6. The minimum atomic E-state index is -3.88. The van der Waals surface area contributed by atoms with Crippen LogP contribution in [0.25, 0.3) is 0 Å². The maximum absolute atomic E-state index is 13.1. The van der Waals surface area contributed by atoms with Crippen LogP contribution in [0.2, 0.25) is 0 Å². The number of carbonyl (C=O) groups excluding carboxylic acids is 1. The zero-order valence-electron chi connectivity index (χ0n) is 15.3. The molecule has 1 atom stereocenters. The topological polar surface area (TPSA) is 111 Å². The Labute approximate surface area is 157 Å². The van der Waals surface area contributed by atoms with Crippen molar-refractivity contribution in [3.05, 3.63) is 30.0 Å². The molecule has 1 aliphatic rings. The van der Waals surface area contributed by atoms with E-state index in [0.29, 0.717) is 30.1 Å². The van der Waals surface area contributed by atoms with Crippen LogP contribution in [0.5, 0.6) is 11.5 Å². The molecular formula is C17H21N3O6S. The van der Waals surface area contributed by atoms with E-state index in [-0.39, 0.29) is 17.3 Å². The SMILES string of the molecule is COc1ccc(S(=O)(=O)N2CCC[C@H]2C(=O)Nc2cc(C)on2)cc1OC. The maximum atomic E-state index is 13.1. The van der Waals surface area contributed by atoms with Crippen molar-refractivity contribution in [1.82, 2.24) is 9.46 Å². The van der Waals surface area contributed by atoms with E-state index in [9.17, 15) is 13.2 Å². The van der Waals surface area contributed by atoms with Crippen molar-refractivity contribution >= 4 is 21.7 Å². The van der Waals surface area contributed by atoms with Crippen LogP contribution in [0.3, 0.4) is 0 Å². The lowest BCUT2D eigenvalue weighted by Crippen LogP contribution is -2.43. The number of nitrogens with one attached hydrogen (secondary N) is 1. The summed E-state index contributed by atoms with van der Waals surface area (Å²) in [5, 5.41) is 6.31. The number of benzene rings is 1. The Kier molecular flexibility index (Phi) is 5.38. The van der Waals surface area contributed by atoms with E-state index >= 15 is 0 Å². The second-order valence-corrected chi connectivity index (χ2v) is 7.99. The molecule has 10 heteroatoms. The first kappa shape index (κ1) is 19.2. The lowest BCUT2D eigenvalue weighted by molar-refractivity contribution is -0.119. The van der Waals surface area contributed by atoms with Gasteiger partial charge in [0, 0.05) is 18.7 Å². The summed E-state index contributed by atoms with van der Waals surface area (Å²) in [4.78, 5) is 12.6. The smallest absolute Gasteiger partial charge is 0.244 e. The van der Waals surface area contributed by atoms with E-state index in [0.717, 1.165) is 0 Å². The highest BCUT2D eigenvalue weighted by molar-refractivity contribution is 7.89. The van der Waals surface area contributed by atoms with Crippen molar-refractivity contribution in [2.24, 2.45) is 0 Å². The summed E-state index contributed by atoms with van der Waals surface area (Å²) in [6.07, 6.45) is 1.01. The highest BCUT2D eigenvalue weighted by Crippen LogP contribution is 2.33. The monoisotopic (exact) mass is 395 g/mol. The van der Waals surface area contributed by atoms with E-state index in [1.54, 1.807) is 13.0 Å². The Morgan fingerprint density at radius 1 is 1.26 bits per heavy atom. The number of hydrogen-bond acceptors (Lipinski definition) is 7. The molecule has 0 bridgehead atoms. The third-order valence-corrected chi connectivity index (χ3v) is 6.25. The number of methoxy groups -OCH3 is 2. The minimum absolute atomic E-state index is 0.0390. The van der Waals surface area contributed by atoms with Crippen LogP contribution in [0.1, 0.15) is 18.6 Å². The predicted octanol–water partition coefficient (Wildman–Crippen LogP) is 1.79. The number of hydrogen-bond donors (Lipinski definition) is 1. The van der Waals surface area contributed by atoms with E-state index in [2.05, 4.69) is 10.5 Å². The average Bonchev–Trinajstić information content (AvgIpc) is 3.30. The average molecular weight is 395 g/mol. The molecule has 27 heavy (non-hydrogen) atoms. The number of carbonyl (C=O) groups is 1. The molecule has 1 fully saturated rings. The number of rotatable bonds is 6. The Balaban J connectivity index is 1.85. The first-order valence-electron chi connectivity index (χ1n) is 8.35. The second kappa shape index (κ2) is 7.57. The van der Waals surface area contributed by atoms with Gasteiger partial charge < -0.3 is 19.3 Å². The van der Waals surface area contributed by atoms with Gasteiger partial charge in [0.2, 0.25) is 15.9 Å². The molecule has 1 aliphatic heterocycles. The maximum Gasteiger partial charge on any atom is 0.244 e. The van der Waals surface area contributed by atoms with E-state index in [4.69, 9.17) is 14.0 Å². The van der Waals surface area contributed by atoms with Gasteiger partial charge in [0.1, 0.15) is 11.8 Å². The van der Waals surface area contributed by atoms with Crippen molar-refractivity contribution in [3.8, 4) is 11.5 Å². The normalized spacial score (nSPS) is 17.7. The first-order chi connectivity index (χ1) is 12.9. The molecule has 0 aliphatic carbocycles. The highest BCUT2D eigenvalue weighted by atomic mass is 32.2. The van der Waals surface area contributed by atoms with Crippen LogP contribution in [-0.4, -0.2) is 50.6 Å². The van der Waals surface area contributed by atoms with Gasteiger partial charge in [-0.2, -0.15) is 4.31 Å². The Hall–Kier alpha value is -2.59. The van der Waals surface area contributed by atoms with Crippen molar-refractivity contribution in [2.45, 2.75) is 30.7 Å². The fourth-order valence-electron chi connectivity index (χ4n) is 3.04.